The standard InChI is InChI=1S/C6H3N3/c7-4-6-2-1-3-9(6)5-8/h1-3H. The Kier molecular flexibility index (Phi) is 1.21. The Morgan fingerprint density at radius 3 is 2.67 bits per heavy atom. The lowest BCUT2D eigenvalue weighted by Gasteiger charge is -1.82. The lowest BCUT2D eigenvalue weighted by molar-refractivity contribution is 1.07. The van der Waals surface area contributed by atoms with Crippen molar-refractivity contribution in [2.24, 2.45) is 0 Å². The molecule has 3 nitrogen and oxygen atoms in total. The Morgan fingerprint density at radius 1 is 1.44 bits per heavy atom. The monoisotopic (exact) mass is 117 g/mol. The molecular weight excluding hydrogens is 114 g/mol. The van der Waals surface area contributed by atoms with E-state index in [-0.39, 0.29) is 0 Å². The summed E-state index contributed by atoms with van der Waals surface area (Å²) in [5.41, 5.74) is 0.373. The van der Waals surface area contributed by atoms with Crippen molar-refractivity contribution in [3.8, 4) is 12.3 Å². The third kappa shape index (κ3) is 0.756. The molecule has 0 unspecified atom stereocenters. The van der Waals surface area contributed by atoms with Crippen LogP contribution in [0.1, 0.15) is 5.69 Å². The second-order valence-electron chi connectivity index (χ2n) is 1.48. The zero-order valence-electron chi connectivity index (χ0n) is 4.57. The highest BCUT2D eigenvalue weighted by Gasteiger charge is 1.93. The molecule has 0 amide bonds. The van der Waals surface area contributed by atoms with E-state index in [0.717, 1.165) is 0 Å². The molecule has 0 aliphatic carbocycles. The third-order valence-corrected chi connectivity index (χ3v) is 0.971. The van der Waals surface area contributed by atoms with Crippen LogP contribution in [0.25, 0.3) is 0 Å². The van der Waals surface area contributed by atoms with Crippen molar-refractivity contribution in [2.75, 3.05) is 0 Å². The van der Waals surface area contributed by atoms with E-state index in [9.17, 15) is 0 Å². The molecule has 3 heteroatoms. The Bertz CT molecular complexity index is 255. The summed E-state index contributed by atoms with van der Waals surface area (Å²) in [6.45, 7) is 0. The van der Waals surface area contributed by atoms with Gasteiger partial charge in [0.15, 0.2) is 6.19 Å². The summed E-state index contributed by atoms with van der Waals surface area (Å²) in [5.74, 6) is 0. The fourth-order valence-corrected chi connectivity index (χ4v) is 0.559. The highest BCUT2D eigenvalue weighted by molar-refractivity contribution is 5.24. The maximum atomic E-state index is 8.32. The van der Waals surface area contributed by atoms with Gasteiger partial charge in [0, 0.05) is 6.20 Å². The maximum absolute atomic E-state index is 8.32. The molecule has 0 spiro atoms. The van der Waals surface area contributed by atoms with Crippen LogP contribution >= 0.6 is 0 Å². The minimum absolute atomic E-state index is 0.373. The fraction of sp³-hybridized carbons (Fsp3) is 0. The van der Waals surface area contributed by atoms with E-state index in [4.69, 9.17) is 10.5 Å². The van der Waals surface area contributed by atoms with Gasteiger partial charge in [-0.15, -0.1) is 0 Å². The van der Waals surface area contributed by atoms with E-state index < -0.39 is 0 Å². The number of nitrogens with zero attached hydrogens (tertiary/aromatic N) is 3. The molecule has 0 saturated carbocycles. The SMILES string of the molecule is N#Cc1cccn1C#N. The topological polar surface area (TPSA) is 52.5 Å². The molecule has 1 aromatic heterocycles. The normalized spacial score (nSPS) is 7.78. The third-order valence-electron chi connectivity index (χ3n) is 0.971. The van der Waals surface area contributed by atoms with Crippen molar-refractivity contribution in [2.45, 2.75) is 0 Å². The summed E-state index contributed by atoms with van der Waals surface area (Å²) in [5, 5.41) is 16.6. The highest BCUT2D eigenvalue weighted by atomic mass is 14.9. The average molecular weight is 117 g/mol. The summed E-state index contributed by atoms with van der Waals surface area (Å²) >= 11 is 0. The maximum Gasteiger partial charge on any atom is 0.189 e. The lowest BCUT2D eigenvalue weighted by atomic mass is 10.5. The summed E-state index contributed by atoms with van der Waals surface area (Å²) in [6, 6.07) is 5.11. The van der Waals surface area contributed by atoms with Crippen molar-refractivity contribution in [3.63, 3.8) is 0 Å². The van der Waals surface area contributed by atoms with Crippen molar-refractivity contribution >= 4 is 0 Å². The van der Waals surface area contributed by atoms with Crippen LogP contribution < -0.4 is 0 Å². The van der Waals surface area contributed by atoms with Crippen LogP contribution in [0.3, 0.4) is 0 Å². The molecule has 1 rings (SSSR count). The largest absolute Gasteiger partial charge is 0.245 e. The first kappa shape index (κ1) is 5.40. The molecule has 0 aromatic carbocycles. The van der Waals surface area contributed by atoms with Crippen molar-refractivity contribution in [1.82, 2.24) is 4.57 Å². The van der Waals surface area contributed by atoms with Gasteiger partial charge in [-0.2, -0.15) is 10.5 Å². The summed E-state index contributed by atoms with van der Waals surface area (Å²) in [6.07, 6.45) is 3.36. The molecule has 0 aliphatic rings. The predicted molar refractivity (Wildman–Crippen MR) is 30.2 cm³/mol. The second-order valence-corrected chi connectivity index (χ2v) is 1.48. The van der Waals surface area contributed by atoms with Crippen molar-refractivity contribution in [3.05, 3.63) is 24.0 Å². The minimum Gasteiger partial charge on any atom is -0.245 e. The number of hydrogen-bond donors (Lipinski definition) is 0. The van der Waals surface area contributed by atoms with Crippen LogP contribution in [0.4, 0.5) is 0 Å². The summed E-state index contributed by atoms with van der Waals surface area (Å²) in [4.78, 5) is 0. The molecule has 0 N–H and O–H groups in total. The van der Waals surface area contributed by atoms with E-state index in [0.29, 0.717) is 5.69 Å². The van der Waals surface area contributed by atoms with Crippen molar-refractivity contribution < 1.29 is 0 Å². The van der Waals surface area contributed by atoms with Gasteiger partial charge in [0.25, 0.3) is 0 Å². The molecule has 1 aromatic rings. The Morgan fingerprint density at radius 2 is 2.22 bits per heavy atom. The first-order valence-corrected chi connectivity index (χ1v) is 2.36. The molecule has 42 valence electrons. The minimum atomic E-state index is 0.373. The molecule has 0 aliphatic heterocycles. The lowest BCUT2D eigenvalue weighted by Crippen LogP contribution is -1.87. The molecule has 0 saturated heterocycles. The fourth-order valence-electron chi connectivity index (χ4n) is 0.559. The van der Waals surface area contributed by atoms with Gasteiger partial charge in [-0.05, 0) is 12.1 Å². The summed E-state index contributed by atoms with van der Waals surface area (Å²) < 4.78 is 1.21. The van der Waals surface area contributed by atoms with E-state index in [1.165, 1.54) is 4.57 Å². The van der Waals surface area contributed by atoms with Crippen LogP contribution in [-0.2, 0) is 0 Å². The van der Waals surface area contributed by atoms with E-state index >= 15 is 0 Å². The number of rotatable bonds is 0. The number of nitriles is 2. The zero-order valence-corrected chi connectivity index (χ0v) is 4.57. The Labute approximate surface area is 52.4 Å². The molecule has 9 heavy (non-hydrogen) atoms. The van der Waals surface area contributed by atoms with Gasteiger partial charge in [-0.3, -0.25) is 0 Å². The number of aromatic nitrogens is 1. The van der Waals surface area contributed by atoms with Gasteiger partial charge in [-0.25, -0.2) is 4.57 Å². The first-order valence-electron chi connectivity index (χ1n) is 2.36. The van der Waals surface area contributed by atoms with Gasteiger partial charge in [0.1, 0.15) is 11.8 Å². The smallest absolute Gasteiger partial charge is 0.189 e. The second kappa shape index (κ2) is 2.02. The van der Waals surface area contributed by atoms with E-state index in [1.807, 2.05) is 12.3 Å². The molecular formula is C6H3N3. The summed E-state index contributed by atoms with van der Waals surface area (Å²) in [7, 11) is 0. The molecule has 0 radical (unpaired) electrons. The first-order chi connectivity index (χ1) is 4.38. The van der Waals surface area contributed by atoms with Gasteiger partial charge in [0.2, 0.25) is 0 Å². The van der Waals surface area contributed by atoms with Gasteiger partial charge >= 0.3 is 0 Å². The van der Waals surface area contributed by atoms with Crippen LogP contribution in [0.5, 0.6) is 0 Å². The van der Waals surface area contributed by atoms with Crippen LogP contribution in [0.15, 0.2) is 18.3 Å². The molecule has 0 fully saturated rings. The van der Waals surface area contributed by atoms with Crippen LogP contribution in [-0.4, -0.2) is 4.57 Å². The van der Waals surface area contributed by atoms with Crippen LogP contribution in [0, 0.1) is 22.8 Å². The quantitative estimate of drug-likeness (QED) is 0.502. The van der Waals surface area contributed by atoms with Gasteiger partial charge < -0.3 is 0 Å². The average Bonchev–Trinajstić information content (AvgIpc) is 2.33. The Hall–Kier alpha value is -1.74. The van der Waals surface area contributed by atoms with Gasteiger partial charge in [0.05, 0.1) is 0 Å². The predicted octanol–water partition coefficient (Wildman–Crippen LogP) is 0.689. The van der Waals surface area contributed by atoms with E-state index in [2.05, 4.69) is 0 Å². The zero-order chi connectivity index (χ0) is 6.69. The van der Waals surface area contributed by atoms with Gasteiger partial charge in [-0.1, -0.05) is 0 Å². The Balaban J connectivity index is 3.22. The number of hydrogen-bond acceptors (Lipinski definition) is 2. The van der Waals surface area contributed by atoms with Crippen molar-refractivity contribution in [1.29, 1.82) is 10.5 Å². The van der Waals surface area contributed by atoms with Crippen LogP contribution in [0.2, 0.25) is 0 Å². The molecule has 0 atom stereocenters. The molecule has 0 bridgehead atoms. The molecule has 1 heterocycles. The van der Waals surface area contributed by atoms with E-state index in [1.54, 1.807) is 18.3 Å². The highest BCUT2D eigenvalue weighted by Crippen LogP contribution is 1.95.